The summed E-state index contributed by atoms with van der Waals surface area (Å²) < 4.78 is 0. The average molecular weight is 213 g/mol. The second-order valence-corrected chi connectivity index (χ2v) is 3.80. The minimum absolute atomic E-state index is 0.154. The molecule has 0 saturated carbocycles. The maximum Gasteiger partial charge on any atom is 0.115 e. The van der Waals surface area contributed by atoms with Gasteiger partial charge < -0.3 is 5.32 Å². The van der Waals surface area contributed by atoms with Crippen molar-refractivity contribution in [2.24, 2.45) is 0 Å². The van der Waals surface area contributed by atoms with Gasteiger partial charge in [0.15, 0.2) is 0 Å². The van der Waals surface area contributed by atoms with Crippen LogP contribution >= 0.6 is 0 Å². The van der Waals surface area contributed by atoms with Gasteiger partial charge in [-0.05, 0) is 19.5 Å². The molecule has 1 atom stereocenters. The van der Waals surface area contributed by atoms with E-state index in [1.165, 1.54) is 11.1 Å². The van der Waals surface area contributed by atoms with Crippen molar-refractivity contribution in [3.63, 3.8) is 0 Å². The molecule has 0 bridgehead atoms. The van der Waals surface area contributed by atoms with Crippen molar-refractivity contribution < 1.29 is 0 Å². The van der Waals surface area contributed by atoms with Gasteiger partial charge in [0.1, 0.15) is 6.33 Å². The molecule has 0 aliphatic rings. The third-order valence-corrected chi connectivity index (χ3v) is 2.61. The maximum atomic E-state index is 4.05. The number of nitrogens with zero attached hydrogens (tertiary/aromatic N) is 2. The van der Waals surface area contributed by atoms with Gasteiger partial charge in [-0.25, -0.2) is 9.97 Å². The van der Waals surface area contributed by atoms with E-state index >= 15 is 0 Å². The monoisotopic (exact) mass is 213 g/mol. The molecule has 82 valence electrons. The number of nitrogens with one attached hydrogen (secondary N) is 1. The highest BCUT2D eigenvalue weighted by Crippen LogP contribution is 2.20. The Hall–Kier alpha value is -1.74. The molecule has 1 unspecified atom stereocenters. The highest BCUT2D eigenvalue weighted by molar-refractivity contribution is 5.30. The quantitative estimate of drug-likeness (QED) is 0.848. The number of benzene rings is 1. The zero-order valence-electron chi connectivity index (χ0n) is 9.51. The number of aromatic nitrogens is 2. The lowest BCUT2D eigenvalue weighted by molar-refractivity contribution is 0.684. The van der Waals surface area contributed by atoms with E-state index in [4.69, 9.17) is 0 Å². The van der Waals surface area contributed by atoms with Crippen molar-refractivity contribution in [3.05, 3.63) is 59.7 Å². The van der Waals surface area contributed by atoms with Crippen LogP contribution in [0.1, 0.15) is 22.7 Å². The average Bonchev–Trinajstić information content (AvgIpc) is 2.34. The van der Waals surface area contributed by atoms with Crippen LogP contribution in [-0.2, 0) is 0 Å². The molecule has 2 rings (SSSR count). The summed E-state index contributed by atoms with van der Waals surface area (Å²) in [6.07, 6.45) is 5.23. The summed E-state index contributed by atoms with van der Waals surface area (Å²) in [4.78, 5) is 8.09. The highest BCUT2D eigenvalue weighted by atomic mass is 14.9. The summed E-state index contributed by atoms with van der Waals surface area (Å²) in [6, 6.07) is 8.64. The van der Waals surface area contributed by atoms with Crippen LogP contribution in [0.2, 0.25) is 0 Å². The lowest BCUT2D eigenvalue weighted by Crippen LogP contribution is -2.17. The second kappa shape index (κ2) is 4.86. The Labute approximate surface area is 95.6 Å². The standard InChI is InChI=1S/C13H15N3/c1-10-3-5-11(6-4-10)13(14-2)12-7-15-9-16-8-12/h3-9,13-14H,1-2H3. The molecule has 2 aromatic rings. The van der Waals surface area contributed by atoms with Gasteiger partial charge >= 0.3 is 0 Å². The summed E-state index contributed by atoms with van der Waals surface area (Å²) in [5.74, 6) is 0. The first kappa shape index (κ1) is 10.8. The van der Waals surface area contributed by atoms with Crippen LogP contribution in [0, 0.1) is 6.92 Å². The van der Waals surface area contributed by atoms with Crippen molar-refractivity contribution in [1.82, 2.24) is 15.3 Å². The Kier molecular flexibility index (Phi) is 3.27. The first-order valence-corrected chi connectivity index (χ1v) is 5.30. The van der Waals surface area contributed by atoms with E-state index in [9.17, 15) is 0 Å². The molecule has 0 aliphatic heterocycles. The summed E-state index contributed by atoms with van der Waals surface area (Å²) >= 11 is 0. The van der Waals surface area contributed by atoms with Gasteiger partial charge in [-0.3, -0.25) is 0 Å². The molecule has 1 aromatic heterocycles. The zero-order chi connectivity index (χ0) is 11.4. The summed E-state index contributed by atoms with van der Waals surface area (Å²) in [5.41, 5.74) is 3.57. The first-order valence-electron chi connectivity index (χ1n) is 5.30. The van der Waals surface area contributed by atoms with E-state index in [0.717, 1.165) is 5.56 Å². The normalized spacial score (nSPS) is 12.4. The van der Waals surface area contributed by atoms with Crippen LogP contribution in [-0.4, -0.2) is 17.0 Å². The van der Waals surface area contributed by atoms with Crippen LogP contribution < -0.4 is 5.32 Å². The van der Waals surface area contributed by atoms with E-state index in [1.807, 2.05) is 19.4 Å². The lowest BCUT2D eigenvalue weighted by Gasteiger charge is -2.16. The van der Waals surface area contributed by atoms with E-state index < -0.39 is 0 Å². The molecule has 0 spiro atoms. The molecule has 0 radical (unpaired) electrons. The van der Waals surface area contributed by atoms with E-state index in [2.05, 4.69) is 46.5 Å². The molecule has 1 heterocycles. The minimum atomic E-state index is 0.154. The summed E-state index contributed by atoms with van der Waals surface area (Å²) in [6.45, 7) is 2.09. The fourth-order valence-electron chi connectivity index (χ4n) is 1.74. The molecule has 0 amide bonds. The molecule has 1 N–H and O–H groups in total. The van der Waals surface area contributed by atoms with Crippen molar-refractivity contribution in [2.75, 3.05) is 7.05 Å². The molecule has 16 heavy (non-hydrogen) atoms. The van der Waals surface area contributed by atoms with Gasteiger partial charge in [-0.15, -0.1) is 0 Å². The Morgan fingerprint density at radius 2 is 1.62 bits per heavy atom. The van der Waals surface area contributed by atoms with E-state index in [0.29, 0.717) is 0 Å². The Bertz CT molecular complexity index is 436. The maximum absolute atomic E-state index is 4.05. The first-order chi connectivity index (χ1) is 7.81. The SMILES string of the molecule is CNC(c1ccc(C)cc1)c1cncnc1. The number of aryl methyl sites for hydroxylation is 1. The fourth-order valence-corrected chi connectivity index (χ4v) is 1.74. The number of hydrogen-bond donors (Lipinski definition) is 1. The van der Waals surface area contributed by atoms with Crippen LogP contribution in [0.25, 0.3) is 0 Å². The Balaban J connectivity index is 2.33. The minimum Gasteiger partial charge on any atom is -0.309 e. The number of rotatable bonds is 3. The van der Waals surface area contributed by atoms with Crippen molar-refractivity contribution >= 4 is 0 Å². The van der Waals surface area contributed by atoms with Crippen molar-refractivity contribution in [3.8, 4) is 0 Å². The Morgan fingerprint density at radius 3 is 2.19 bits per heavy atom. The third-order valence-electron chi connectivity index (χ3n) is 2.61. The zero-order valence-corrected chi connectivity index (χ0v) is 9.51. The van der Waals surface area contributed by atoms with Gasteiger partial charge in [0, 0.05) is 18.0 Å². The topological polar surface area (TPSA) is 37.8 Å². The Morgan fingerprint density at radius 1 is 1.00 bits per heavy atom. The lowest BCUT2D eigenvalue weighted by atomic mass is 10.0. The second-order valence-electron chi connectivity index (χ2n) is 3.80. The van der Waals surface area contributed by atoms with Gasteiger partial charge in [0.05, 0.1) is 6.04 Å². The van der Waals surface area contributed by atoms with Gasteiger partial charge in [-0.1, -0.05) is 29.8 Å². The third kappa shape index (κ3) is 2.25. The van der Waals surface area contributed by atoms with Gasteiger partial charge in [-0.2, -0.15) is 0 Å². The largest absolute Gasteiger partial charge is 0.309 e. The van der Waals surface area contributed by atoms with Crippen LogP contribution in [0.15, 0.2) is 43.0 Å². The van der Waals surface area contributed by atoms with Crippen molar-refractivity contribution in [2.45, 2.75) is 13.0 Å². The molecule has 1 aromatic carbocycles. The molecular weight excluding hydrogens is 198 g/mol. The van der Waals surface area contributed by atoms with Crippen molar-refractivity contribution in [1.29, 1.82) is 0 Å². The predicted octanol–water partition coefficient (Wildman–Crippen LogP) is 2.09. The summed E-state index contributed by atoms with van der Waals surface area (Å²) in [5, 5.41) is 3.27. The van der Waals surface area contributed by atoms with Crippen LogP contribution in [0.4, 0.5) is 0 Å². The molecule has 0 fully saturated rings. The molecule has 3 nitrogen and oxygen atoms in total. The molecular formula is C13H15N3. The molecule has 0 saturated heterocycles. The highest BCUT2D eigenvalue weighted by Gasteiger charge is 2.11. The smallest absolute Gasteiger partial charge is 0.115 e. The van der Waals surface area contributed by atoms with Crippen LogP contribution in [0.3, 0.4) is 0 Å². The predicted molar refractivity (Wildman–Crippen MR) is 64.1 cm³/mol. The van der Waals surface area contributed by atoms with Gasteiger partial charge in [0.25, 0.3) is 0 Å². The number of hydrogen-bond acceptors (Lipinski definition) is 3. The molecule has 0 aliphatic carbocycles. The summed E-state index contributed by atoms with van der Waals surface area (Å²) in [7, 11) is 1.94. The molecule has 3 heteroatoms. The van der Waals surface area contributed by atoms with E-state index in [-0.39, 0.29) is 6.04 Å². The van der Waals surface area contributed by atoms with Gasteiger partial charge in [0.2, 0.25) is 0 Å². The fraction of sp³-hybridized carbons (Fsp3) is 0.231. The van der Waals surface area contributed by atoms with E-state index in [1.54, 1.807) is 6.33 Å². The van der Waals surface area contributed by atoms with Crippen LogP contribution in [0.5, 0.6) is 0 Å².